The van der Waals surface area contributed by atoms with Crippen molar-refractivity contribution in [2.45, 2.75) is 53.3 Å². The number of carbonyl (C=O) groups is 1. The number of aliphatic imine (C=N–C) groups is 1. The Hall–Kier alpha value is -1.59. The van der Waals surface area contributed by atoms with Crippen LogP contribution in [0.5, 0.6) is 0 Å². The molecule has 1 amide bonds. The average molecular weight is 575 g/mol. The van der Waals surface area contributed by atoms with E-state index in [9.17, 15) is 4.79 Å². The van der Waals surface area contributed by atoms with Crippen molar-refractivity contribution < 1.29 is 9.53 Å². The van der Waals surface area contributed by atoms with Crippen LogP contribution in [0, 0.1) is 0 Å². The van der Waals surface area contributed by atoms with Gasteiger partial charge in [-0.15, -0.1) is 24.0 Å². The van der Waals surface area contributed by atoms with Gasteiger partial charge in [-0.05, 0) is 45.4 Å². The summed E-state index contributed by atoms with van der Waals surface area (Å²) in [5.41, 5.74) is 2.09. The molecule has 1 aliphatic heterocycles. The van der Waals surface area contributed by atoms with Gasteiger partial charge in [0.05, 0.1) is 6.54 Å². The molecular formula is C24H43IN6O2. The van der Waals surface area contributed by atoms with E-state index in [0.717, 1.165) is 51.8 Å². The topological polar surface area (TPSA) is 81.2 Å². The summed E-state index contributed by atoms with van der Waals surface area (Å²) < 4.78 is 5.26. The van der Waals surface area contributed by atoms with Crippen LogP contribution in [0.15, 0.2) is 29.3 Å². The molecule has 3 N–H and O–H groups in total. The van der Waals surface area contributed by atoms with E-state index >= 15 is 0 Å². The first-order valence-corrected chi connectivity index (χ1v) is 11.8. The highest BCUT2D eigenvalue weighted by Crippen LogP contribution is 2.14. The van der Waals surface area contributed by atoms with E-state index in [-0.39, 0.29) is 24.0 Å². The lowest BCUT2D eigenvalue weighted by molar-refractivity contribution is 0.0529. The third kappa shape index (κ3) is 11.9. The first-order valence-electron chi connectivity index (χ1n) is 11.8. The minimum absolute atomic E-state index is 0. The van der Waals surface area contributed by atoms with Crippen LogP contribution in [0.1, 0.15) is 45.7 Å². The predicted octanol–water partition coefficient (Wildman–Crippen LogP) is 3.02. The Morgan fingerprint density at radius 3 is 2.18 bits per heavy atom. The molecule has 0 aliphatic carbocycles. The number of likely N-dealkylation sites (N-methyl/N-ethyl adjacent to an activating group) is 1. The van der Waals surface area contributed by atoms with Crippen LogP contribution >= 0.6 is 24.0 Å². The second-order valence-electron chi connectivity index (χ2n) is 9.03. The van der Waals surface area contributed by atoms with E-state index < -0.39 is 11.7 Å². The van der Waals surface area contributed by atoms with Crippen LogP contribution in [0.25, 0.3) is 0 Å². The summed E-state index contributed by atoms with van der Waals surface area (Å²) in [6.07, 6.45) is -0.407. The van der Waals surface area contributed by atoms with Crippen molar-refractivity contribution in [2.24, 2.45) is 4.99 Å². The average Bonchev–Trinajstić information content (AvgIpc) is 2.75. The maximum absolute atomic E-state index is 11.8. The number of nitrogens with zero attached hydrogens (tertiary/aromatic N) is 3. The zero-order chi connectivity index (χ0) is 23.4. The van der Waals surface area contributed by atoms with Gasteiger partial charge in [0.25, 0.3) is 0 Å². The highest BCUT2D eigenvalue weighted by atomic mass is 127. The number of halogens is 1. The number of ether oxygens (including phenoxy) is 1. The molecular weight excluding hydrogens is 531 g/mol. The third-order valence-electron chi connectivity index (χ3n) is 5.26. The van der Waals surface area contributed by atoms with E-state index in [1.54, 1.807) is 0 Å². The number of alkyl carbamates (subject to hydrolysis) is 1. The Kier molecular flexibility index (Phi) is 13.7. The second-order valence-corrected chi connectivity index (χ2v) is 9.03. The molecule has 0 unspecified atom stereocenters. The lowest BCUT2D eigenvalue weighted by Gasteiger charge is -2.34. The molecule has 1 heterocycles. The number of amides is 1. The first-order chi connectivity index (χ1) is 15.3. The van der Waals surface area contributed by atoms with E-state index in [1.807, 2.05) is 27.7 Å². The van der Waals surface area contributed by atoms with E-state index in [1.165, 1.54) is 11.1 Å². The zero-order valence-corrected chi connectivity index (χ0v) is 23.3. The summed E-state index contributed by atoms with van der Waals surface area (Å²) in [4.78, 5) is 21.6. The van der Waals surface area contributed by atoms with Crippen molar-refractivity contribution in [1.82, 2.24) is 25.8 Å². The normalized spacial score (nSPS) is 15.5. The van der Waals surface area contributed by atoms with Crippen LogP contribution in [-0.4, -0.2) is 79.8 Å². The molecule has 0 bridgehead atoms. The van der Waals surface area contributed by atoms with Crippen LogP contribution in [-0.2, 0) is 17.8 Å². The molecule has 2 rings (SSSR count). The molecule has 0 atom stereocenters. The van der Waals surface area contributed by atoms with Gasteiger partial charge in [-0.3, -0.25) is 4.90 Å². The number of carbonyl (C=O) groups excluding carboxylic acids is 1. The fraction of sp³-hybridized carbons (Fsp3) is 0.667. The summed E-state index contributed by atoms with van der Waals surface area (Å²) in [7, 11) is 0. The number of hydrogen-bond acceptors (Lipinski definition) is 5. The molecule has 1 aromatic rings. The molecule has 1 aromatic carbocycles. The molecule has 1 saturated heterocycles. The van der Waals surface area contributed by atoms with Crippen molar-refractivity contribution >= 4 is 36.0 Å². The van der Waals surface area contributed by atoms with Crippen molar-refractivity contribution in [3.05, 3.63) is 35.4 Å². The molecule has 9 heteroatoms. The minimum Gasteiger partial charge on any atom is -0.444 e. The van der Waals surface area contributed by atoms with Crippen molar-refractivity contribution in [3.63, 3.8) is 0 Å². The Balaban J connectivity index is 0.00000544. The number of guanidine groups is 1. The summed E-state index contributed by atoms with van der Waals surface area (Å²) in [6, 6.07) is 8.56. The standard InChI is InChI=1S/C24H42N6O2.HI/c1-6-25-22(26-12-13-27-23(31)32-24(3,4)5)28-18-20-10-8-9-11-21(20)19-30-16-14-29(7-2)15-17-30;/h8-11H,6-7,12-19H2,1-5H3,(H,27,31)(H2,25,26,28);1H. The van der Waals surface area contributed by atoms with Gasteiger partial charge < -0.3 is 25.6 Å². The minimum atomic E-state index is -0.495. The maximum atomic E-state index is 11.8. The highest BCUT2D eigenvalue weighted by molar-refractivity contribution is 14.0. The van der Waals surface area contributed by atoms with Gasteiger partial charge in [-0.2, -0.15) is 0 Å². The summed E-state index contributed by atoms with van der Waals surface area (Å²) >= 11 is 0. The highest BCUT2D eigenvalue weighted by Gasteiger charge is 2.17. The molecule has 0 aromatic heterocycles. The number of hydrogen-bond donors (Lipinski definition) is 3. The third-order valence-corrected chi connectivity index (χ3v) is 5.26. The van der Waals surface area contributed by atoms with Gasteiger partial charge in [-0.1, -0.05) is 31.2 Å². The van der Waals surface area contributed by atoms with E-state index in [4.69, 9.17) is 9.73 Å². The lowest BCUT2D eigenvalue weighted by atomic mass is 10.1. The summed E-state index contributed by atoms with van der Waals surface area (Å²) in [5.74, 6) is 0.741. The molecule has 33 heavy (non-hydrogen) atoms. The molecule has 0 spiro atoms. The van der Waals surface area contributed by atoms with Crippen LogP contribution in [0.3, 0.4) is 0 Å². The monoisotopic (exact) mass is 574 g/mol. The van der Waals surface area contributed by atoms with Crippen molar-refractivity contribution in [1.29, 1.82) is 0 Å². The zero-order valence-electron chi connectivity index (χ0n) is 20.9. The molecule has 188 valence electrons. The lowest BCUT2D eigenvalue weighted by Crippen LogP contribution is -2.45. The Labute approximate surface area is 216 Å². The number of benzene rings is 1. The number of nitrogens with one attached hydrogen (secondary N) is 3. The van der Waals surface area contributed by atoms with Gasteiger partial charge in [0.1, 0.15) is 5.60 Å². The molecule has 1 aliphatic rings. The largest absolute Gasteiger partial charge is 0.444 e. The smallest absolute Gasteiger partial charge is 0.407 e. The summed E-state index contributed by atoms with van der Waals surface area (Å²) in [5, 5.41) is 9.30. The van der Waals surface area contributed by atoms with Gasteiger partial charge >= 0.3 is 6.09 Å². The first kappa shape index (κ1) is 29.4. The molecule has 1 fully saturated rings. The Morgan fingerprint density at radius 1 is 0.970 bits per heavy atom. The molecule has 8 nitrogen and oxygen atoms in total. The second kappa shape index (κ2) is 15.3. The quantitative estimate of drug-likeness (QED) is 0.182. The van der Waals surface area contributed by atoms with Gasteiger partial charge in [-0.25, -0.2) is 9.79 Å². The molecule has 0 saturated carbocycles. The van der Waals surface area contributed by atoms with Gasteiger partial charge in [0.2, 0.25) is 0 Å². The van der Waals surface area contributed by atoms with Gasteiger partial charge in [0.15, 0.2) is 5.96 Å². The van der Waals surface area contributed by atoms with Crippen molar-refractivity contribution in [2.75, 3.05) is 52.4 Å². The number of rotatable bonds is 9. The van der Waals surface area contributed by atoms with Crippen molar-refractivity contribution in [3.8, 4) is 0 Å². The summed E-state index contributed by atoms with van der Waals surface area (Å²) in [6.45, 7) is 18.8. The maximum Gasteiger partial charge on any atom is 0.407 e. The Morgan fingerprint density at radius 2 is 1.58 bits per heavy atom. The SMILES string of the molecule is CCNC(=NCc1ccccc1CN1CCN(CC)CC1)NCCNC(=O)OC(C)(C)C.I. The predicted molar refractivity (Wildman–Crippen MR) is 146 cm³/mol. The van der Waals surface area contributed by atoms with E-state index in [2.05, 4.69) is 56.9 Å². The fourth-order valence-corrected chi connectivity index (χ4v) is 3.54. The van der Waals surface area contributed by atoms with Crippen LogP contribution < -0.4 is 16.0 Å². The van der Waals surface area contributed by atoms with Gasteiger partial charge in [0, 0.05) is 52.4 Å². The van der Waals surface area contributed by atoms with Crippen LogP contribution in [0.4, 0.5) is 4.79 Å². The molecule has 0 radical (unpaired) electrons. The number of piperazine rings is 1. The Bertz CT molecular complexity index is 730. The fourth-order valence-electron chi connectivity index (χ4n) is 3.54. The van der Waals surface area contributed by atoms with Crippen LogP contribution in [0.2, 0.25) is 0 Å². The van der Waals surface area contributed by atoms with E-state index in [0.29, 0.717) is 19.6 Å².